The molecule has 2 N–H and O–H groups in total. The lowest BCUT2D eigenvalue weighted by atomic mass is 10.0. The van der Waals surface area contributed by atoms with E-state index in [9.17, 15) is 4.79 Å². The summed E-state index contributed by atoms with van der Waals surface area (Å²) in [5.74, 6) is -0.0624. The average molecular weight is 338 g/mol. The second-order valence-corrected chi connectivity index (χ2v) is 6.49. The lowest BCUT2D eigenvalue weighted by Crippen LogP contribution is -2.44. The lowest BCUT2D eigenvalue weighted by Gasteiger charge is -2.32. The molecule has 0 radical (unpaired) electrons. The van der Waals surface area contributed by atoms with Crippen LogP contribution >= 0.6 is 0 Å². The summed E-state index contributed by atoms with van der Waals surface area (Å²) in [4.78, 5) is 18.4. The highest BCUT2D eigenvalue weighted by atomic mass is 16.1. The van der Waals surface area contributed by atoms with Crippen LogP contribution in [0.4, 0.5) is 0 Å². The molecule has 1 aromatic carbocycles. The number of pyridine rings is 1. The molecule has 0 atom stereocenters. The van der Waals surface area contributed by atoms with E-state index in [0.717, 1.165) is 39.0 Å². The van der Waals surface area contributed by atoms with Gasteiger partial charge in [-0.3, -0.25) is 14.7 Å². The summed E-state index contributed by atoms with van der Waals surface area (Å²) in [5.41, 5.74) is 1.99. The number of amides is 1. The number of hydrogen-bond acceptors (Lipinski definition) is 4. The standard InChI is InChI=1S/C20H26N4O/c25-20(18-7-4-10-21-15-18)23-12-11-22-19-8-13-24(14-9-19)16-17-5-2-1-3-6-17/h1-7,10,15,19,22H,8-9,11-14,16H2,(H,23,25). The first-order valence-electron chi connectivity index (χ1n) is 8.99. The molecular weight excluding hydrogens is 312 g/mol. The molecule has 5 heteroatoms. The van der Waals surface area contributed by atoms with E-state index in [1.165, 1.54) is 5.56 Å². The third kappa shape index (κ3) is 5.66. The Morgan fingerprint density at radius 1 is 1.08 bits per heavy atom. The van der Waals surface area contributed by atoms with E-state index in [4.69, 9.17) is 0 Å². The molecule has 25 heavy (non-hydrogen) atoms. The van der Waals surface area contributed by atoms with Gasteiger partial charge in [0.05, 0.1) is 5.56 Å². The Labute approximate surface area is 149 Å². The maximum Gasteiger partial charge on any atom is 0.252 e. The van der Waals surface area contributed by atoms with Crippen LogP contribution < -0.4 is 10.6 Å². The van der Waals surface area contributed by atoms with Crippen molar-refractivity contribution in [2.75, 3.05) is 26.2 Å². The normalized spacial score (nSPS) is 15.8. The third-order valence-corrected chi connectivity index (χ3v) is 4.60. The number of carbonyl (C=O) groups is 1. The van der Waals surface area contributed by atoms with Crippen LogP contribution in [0.15, 0.2) is 54.9 Å². The molecule has 1 aliphatic rings. The summed E-state index contributed by atoms with van der Waals surface area (Å²) < 4.78 is 0. The number of benzene rings is 1. The summed E-state index contributed by atoms with van der Waals surface area (Å²) in [5, 5.41) is 6.48. The van der Waals surface area contributed by atoms with E-state index in [1.807, 2.05) is 0 Å². The molecule has 1 amide bonds. The molecule has 0 unspecified atom stereocenters. The van der Waals surface area contributed by atoms with Gasteiger partial charge in [0.25, 0.3) is 5.91 Å². The van der Waals surface area contributed by atoms with Gasteiger partial charge in [0.1, 0.15) is 0 Å². The van der Waals surface area contributed by atoms with E-state index in [-0.39, 0.29) is 5.91 Å². The molecule has 5 nitrogen and oxygen atoms in total. The predicted octanol–water partition coefficient (Wildman–Crippen LogP) is 2.07. The van der Waals surface area contributed by atoms with Gasteiger partial charge >= 0.3 is 0 Å². The fraction of sp³-hybridized carbons (Fsp3) is 0.400. The molecule has 132 valence electrons. The minimum Gasteiger partial charge on any atom is -0.351 e. The van der Waals surface area contributed by atoms with Crippen molar-refractivity contribution in [3.63, 3.8) is 0 Å². The summed E-state index contributed by atoms with van der Waals surface area (Å²) in [6, 6.07) is 14.7. The quantitative estimate of drug-likeness (QED) is 0.759. The first-order chi connectivity index (χ1) is 12.3. The van der Waals surface area contributed by atoms with E-state index in [1.54, 1.807) is 24.5 Å². The van der Waals surface area contributed by atoms with Gasteiger partial charge in [-0.25, -0.2) is 0 Å². The molecule has 1 aliphatic heterocycles. The van der Waals surface area contributed by atoms with Crippen molar-refractivity contribution in [2.24, 2.45) is 0 Å². The molecule has 3 rings (SSSR count). The second-order valence-electron chi connectivity index (χ2n) is 6.49. The number of likely N-dealkylation sites (tertiary alicyclic amines) is 1. The monoisotopic (exact) mass is 338 g/mol. The Bertz CT molecular complexity index is 639. The highest BCUT2D eigenvalue weighted by molar-refractivity contribution is 5.93. The number of nitrogens with one attached hydrogen (secondary N) is 2. The Morgan fingerprint density at radius 2 is 1.88 bits per heavy atom. The zero-order valence-corrected chi connectivity index (χ0v) is 14.5. The molecular formula is C20H26N4O. The van der Waals surface area contributed by atoms with Crippen LogP contribution in [0.2, 0.25) is 0 Å². The lowest BCUT2D eigenvalue weighted by molar-refractivity contribution is 0.0952. The highest BCUT2D eigenvalue weighted by Crippen LogP contribution is 2.13. The van der Waals surface area contributed by atoms with Gasteiger partial charge in [-0.2, -0.15) is 0 Å². The van der Waals surface area contributed by atoms with Gasteiger partial charge in [0, 0.05) is 38.1 Å². The summed E-state index contributed by atoms with van der Waals surface area (Å²) in [7, 11) is 0. The van der Waals surface area contributed by atoms with Crippen LogP contribution in [0.1, 0.15) is 28.8 Å². The van der Waals surface area contributed by atoms with Crippen molar-refractivity contribution in [2.45, 2.75) is 25.4 Å². The van der Waals surface area contributed by atoms with Crippen LogP contribution in [0.25, 0.3) is 0 Å². The Kier molecular flexibility index (Phi) is 6.54. The SMILES string of the molecule is O=C(NCCNC1CCN(Cc2ccccc2)CC1)c1cccnc1. The molecule has 2 aromatic rings. The van der Waals surface area contributed by atoms with Crippen molar-refractivity contribution in [1.82, 2.24) is 20.5 Å². The van der Waals surface area contributed by atoms with E-state index < -0.39 is 0 Å². The van der Waals surface area contributed by atoms with Gasteiger partial charge in [-0.15, -0.1) is 0 Å². The average Bonchev–Trinajstić information content (AvgIpc) is 2.68. The fourth-order valence-electron chi connectivity index (χ4n) is 3.19. The van der Waals surface area contributed by atoms with E-state index in [2.05, 4.69) is 50.8 Å². The second kappa shape index (κ2) is 9.30. The molecule has 2 heterocycles. The first-order valence-corrected chi connectivity index (χ1v) is 8.99. The van der Waals surface area contributed by atoms with Crippen LogP contribution in [-0.4, -0.2) is 48.0 Å². The maximum atomic E-state index is 11.9. The first kappa shape index (κ1) is 17.6. The number of aromatic nitrogens is 1. The Morgan fingerprint density at radius 3 is 2.60 bits per heavy atom. The maximum absolute atomic E-state index is 11.9. The molecule has 1 fully saturated rings. The van der Waals surface area contributed by atoms with Crippen LogP contribution in [-0.2, 0) is 6.54 Å². The van der Waals surface area contributed by atoms with Crippen molar-refractivity contribution in [3.8, 4) is 0 Å². The van der Waals surface area contributed by atoms with Crippen molar-refractivity contribution in [1.29, 1.82) is 0 Å². The van der Waals surface area contributed by atoms with Crippen molar-refractivity contribution in [3.05, 3.63) is 66.0 Å². The molecule has 0 saturated carbocycles. The van der Waals surface area contributed by atoms with Gasteiger partial charge in [-0.1, -0.05) is 30.3 Å². The van der Waals surface area contributed by atoms with Crippen molar-refractivity contribution < 1.29 is 4.79 Å². The largest absolute Gasteiger partial charge is 0.351 e. The van der Waals surface area contributed by atoms with Gasteiger partial charge in [-0.05, 0) is 43.6 Å². The van der Waals surface area contributed by atoms with Gasteiger partial charge < -0.3 is 10.6 Å². The number of piperidine rings is 1. The molecule has 1 saturated heterocycles. The summed E-state index contributed by atoms with van der Waals surface area (Å²) >= 11 is 0. The number of nitrogens with zero attached hydrogens (tertiary/aromatic N) is 2. The molecule has 0 aliphatic carbocycles. The minimum absolute atomic E-state index is 0.0624. The number of carbonyl (C=O) groups excluding carboxylic acids is 1. The van der Waals surface area contributed by atoms with E-state index >= 15 is 0 Å². The fourth-order valence-corrected chi connectivity index (χ4v) is 3.19. The van der Waals surface area contributed by atoms with Gasteiger partial charge in [0.15, 0.2) is 0 Å². The highest BCUT2D eigenvalue weighted by Gasteiger charge is 2.18. The summed E-state index contributed by atoms with van der Waals surface area (Å²) in [6.45, 7) is 4.71. The van der Waals surface area contributed by atoms with Crippen LogP contribution in [0, 0.1) is 0 Å². The summed E-state index contributed by atoms with van der Waals surface area (Å²) in [6.07, 6.45) is 5.57. The van der Waals surface area contributed by atoms with Crippen LogP contribution in [0.5, 0.6) is 0 Å². The third-order valence-electron chi connectivity index (χ3n) is 4.60. The predicted molar refractivity (Wildman–Crippen MR) is 99.3 cm³/mol. The Hall–Kier alpha value is -2.24. The Balaban J connectivity index is 1.30. The zero-order chi connectivity index (χ0) is 17.3. The molecule has 0 bridgehead atoms. The smallest absolute Gasteiger partial charge is 0.252 e. The topological polar surface area (TPSA) is 57.3 Å². The minimum atomic E-state index is -0.0624. The molecule has 0 spiro atoms. The van der Waals surface area contributed by atoms with Crippen LogP contribution in [0.3, 0.4) is 0 Å². The van der Waals surface area contributed by atoms with Gasteiger partial charge in [0.2, 0.25) is 0 Å². The van der Waals surface area contributed by atoms with Crippen molar-refractivity contribution >= 4 is 5.91 Å². The zero-order valence-electron chi connectivity index (χ0n) is 14.5. The molecule has 1 aromatic heterocycles. The number of rotatable bonds is 7. The number of hydrogen-bond donors (Lipinski definition) is 2. The van der Waals surface area contributed by atoms with E-state index in [0.29, 0.717) is 18.2 Å².